The van der Waals surface area contributed by atoms with E-state index in [1.807, 2.05) is 6.07 Å². The number of benzene rings is 2. The first-order valence-electron chi connectivity index (χ1n) is 6.59. The highest BCUT2D eigenvalue weighted by Gasteiger charge is 2.24. The Labute approximate surface area is 130 Å². The Balaban J connectivity index is 1.88. The molecule has 1 heterocycles. The number of rotatable bonds is 1. The molecule has 2 aromatic rings. The molecule has 1 N–H and O–H groups in total. The van der Waals surface area contributed by atoms with Crippen LogP contribution in [0.3, 0.4) is 0 Å². The van der Waals surface area contributed by atoms with Crippen LogP contribution in [0.15, 0.2) is 40.9 Å². The number of hydrogen-bond acceptors (Lipinski definition) is 2. The van der Waals surface area contributed by atoms with Gasteiger partial charge in [0.2, 0.25) is 0 Å². The topological polar surface area (TPSA) is 40.5 Å². The molecule has 108 valence electrons. The molecule has 0 aliphatic carbocycles. The van der Waals surface area contributed by atoms with Crippen molar-refractivity contribution >= 4 is 21.8 Å². The summed E-state index contributed by atoms with van der Waals surface area (Å²) in [6, 6.07) is 9.51. The molecule has 0 radical (unpaired) electrons. The Morgan fingerprint density at radius 1 is 1.19 bits per heavy atom. The molecule has 5 heteroatoms. The molecule has 3 rings (SSSR count). The van der Waals surface area contributed by atoms with Crippen LogP contribution in [0.5, 0.6) is 5.75 Å². The summed E-state index contributed by atoms with van der Waals surface area (Å²) in [5, 5.41) is 9.54. The zero-order chi connectivity index (χ0) is 15.0. The first kappa shape index (κ1) is 14.1. The van der Waals surface area contributed by atoms with E-state index in [2.05, 4.69) is 15.9 Å². The van der Waals surface area contributed by atoms with Gasteiger partial charge in [-0.3, -0.25) is 4.79 Å². The van der Waals surface area contributed by atoms with E-state index in [4.69, 9.17) is 0 Å². The number of aromatic hydroxyl groups is 1. The van der Waals surface area contributed by atoms with E-state index in [9.17, 15) is 14.3 Å². The van der Waals surface area contributed by atoms with Gasteiger partial charge in [0.1, 0.15) is 11.6 Å². The Morgan fingerprint density at radius 2 is 2.00 bits per heavy atom. The van der Waals surface area contributed by atoms with Gasteiger partial charge in [0.05, 0.1) is 5.56 Å². The number of carbonyl (C=O) groups is 1. The number of carbonyl (C=O) groups excluding carboxylic acids is 1. The Kier molecular flexibility index (Phi) is 3.68. The van der Waals surface area contributed by atoms with Crippen molar-refractivity contribution in [3.05, 3.63) is 63.4 Å². The smallest absolute Gasteiger partial charge is 0.257 e. The first-order chi connectivity index (χ1) is 10.0. The molecular weight excluding hydrogens is 337 g/mol. The Hall–Kier alpha value is -1.88. The summed E-state index contributed by atoms with van der Waals surface area (Å²) in [5.74, 6) is -0.676. The van der Waals surface area contributed by atoms with Gasteiger partial charge in [0, 0.05) is 17.6 Å². The maximum Gasteiger partial charge on any atom is 0.257 e. The third-order valence-corrected chi connectivity index (χ3v) is 4.14. The largest absolute Gasteiger partial charge is 0.508 e. The fraction of sp³-hybridized carbons (Fsp3) is 0.188. The van der Waals surface area contributed by atoms with Crippen molar-refractivity contribution in [2.24, 2.45) is 0 Å². The average molecular weight is 350 g/mol. The Morgan fingerprint density at radius 3 is 2.81 bits per heavy atom. The number of hydrogen-bond donors (Lipinski definition) is 1. The van der Waals surface area contributed by atoms with Crippen LogP contribution in [0.25, 0.3) is 0 Å². The van der Waals surface area contributed by atoms with E-state index < -0.39 is 5.82 Å². The van der Waals surface area contributed by atoms with Gasteiger partial charge in [0.25, 0.3) is 5.91 Å². The predicted octanol–water partition coefficient (Wildman–Crippen LogP) is 3.49. The third kappa shape index (κ3) is 2.78. The fourth-order valence-corrected chi connectivity index (χ4v) is 2.91. The van der Waals surface area contributed by atoms with Crippen LogP contribution >= 0.6 is 15.9 Å². The number of fused-ring (bicyclic) bond motifs is 1. The summed E-state index contributed by atoms with van der Waals surface area (Å²) in [6.45, 7) is 0.928. The van der Waals surface area contributed by atoms with Crippen molar-refractivity contribution in [2.75, 3.05) is 6.54 Å². The van der Waals surface area contributed by atoms with E-state index in [-0.39, 0.29) is 17.2 Å². The molecule has 1 aliphatic rings. The van der Waals surface area contributed by atoms with Crippen molar-refractivity contribution in [3.63, 3.8) is 0 Å². The highest BCUT2D eigenvalue weighted by molar-refractivity contribution is 9.10. The fourth-order valence-electron chi connectivity index (χ4n) is 2.55. The standard InChI is InChI=1S/C16H13BrFNO2/c17-12-2-4-15(18)14(8-12)16(21)19-6-5-10-1-3-13(20)7-11(10)9-19/h1-4,7-8,20H,5-6,9H2. The second-order valence-electron chi connectivity index (χ2n) is 5.05. The number of phenolic OH excluding ortho intramolecular Hbond substituents is 1. The van der Waals surface area contributed by atoms with Gasteiger partial charge in [-0.2, -0.15) is 0 Å². The van der Waals surface area contributed by atoms with Gasteiger partial charge in [-0.1, -0.05) is 22.0 Å². The molecule has 0 saturated heterocycles. The van der Waals surface area contributed by atoms with Crippen molar-refractivity contribution < 1.29 is 14.3 Å². The van der Waals surface area contributed by atoms with Crippen LogP contribution in [-0.2, 0) is 13.0 Å². The molecule has 21 heavy (non-hydrogen) atoms. The van der Waals surface area contributed by atoms with Crippen LogP contribution in [0.1, 0.15) is 21.5 Å². The summed E-state index contributed by atoms with van der Waals surface area (Å²) in [4.78, 5) is 14.1. The van der Waals surface area contributed by atoms with Gasteiger partial charge < -0.3 is 10.0 Å². The van der Waals surface area contributed by atoms with Crippen LogP contribution in [0.2, 0.25) is 0 Å². The molecule has 0 spiro atoms. The lowest BCUT2D eigenvalue weighted by molar-refractivity contribution is 0.0729. The van der Waals surface area contributed by atoms with E-state index in [1.165, 1.54) is 12.1 Å². The molecular formula is C16H13BrFNO2. The summed E-state index contributed by atoms with van der Waals surface area (Å²) in [5.41, 5.74) is 2.09. The molecule has 0 aromatic heterocycles. The highest BCUT2D eigenvalue weighted by atomic mass is 79.9. The normalized spacial score (nSPS) is 13.9. The minimum absolute atomic E-state index is 0.0629. The first-order valence-corrected chi connectivity index (χ1v) is 7.39. The van der Waals surface area contributed by atoms with Crippen LogP contribution in [0.4, 0.5) is 4.39 Å². The zero-order valence-electron chi connectivity index (χ0n) is 11.1. The lowest BCUT2D eigenvalue weighted by Gasteiger charge is -2.29. The quantitative estimate of drug-likeness (QED) is 0.855. The molecule has 0 unspecified atom stereocenters. The van der Waals surface area contributed by atoms with E-state index in [0.29, 0.717) is 24.0 Å². The van der Waals surface area contributed by atoms with E-state index in [0.717, 1.165) is 11.1 Å². The van der Waals surface area contributed by atoms with Gasteiger partial charge in [-0.15, -0.1) is 0 Å². The molecule has 0 bridgehead atoms. The maximum atomic E-state index is 13.8. The summed E-state index contributed by atoms with van der Waals surface area (Å²) in [6.07, 6.45) is 0.705. The monoisotopic (exact) mass is 349 g/mol. The molecule has 0 fully saturated rings. The molecule has 1 aliphatic heterocycles. The minimum atomic E-state index is -0.523. The molecule has 2 aromatic carbocycles. The predicted molar refractivity (Wildman–Crippen MR) is 80.7 cm³/mol. The van der Waals surface area contributed by atoms with Crippen molar-refractivity contribution in [2.45, 2.75) is 13.0 Å². The number of halogens is 2. The molecule has 0 saturated carbocycles. The summed E-state index contributed by atoms with van der Waals surface area (Å²) in [7, 11) is 0. The second-order valence-corrected chi connectivity index (χ2v) is 5.97. The van der Waals surface area contributed by atoms with Crippen molar-refractivity contribution in [1.82, 2.24) is 4.90 Å². The lowest BCUT2D eigenvalue weighted by atomic mass is 9.99. The lowest BCUT2D eigenvalue weighted by Crippen LogP contribution is -2.36. The third-order valence-electron chi connectivity index (χ3n) is 3.65. The SMILES string of the molecule is O=C(c1cc(Br)ccc1F)N1CCc2ccc(O)cc2C1. The average Bonchev–Trinajstić information content (AvgIpc) is 2.48. The van der Waals surface area contributed by atoms with Gasteiger partial charge >= 0.3 is 0 Å². The minimum Gasteiger partial charge on any atom is -0.508 e. The Bertz CT molecular complexity index is 717. The van der Waals surface area contributed by atoms with Crippen molar-refractivity contribution in [3.8, 4) is 5.75 Å². The summed E-state index contributed by atoms with van der Waals surface area (Å²) >= 11 is 3.25. The molecule has 1 amide bonds. The number of nitrogens with zero attached hydrogens (tertiary/aromatic N) is 1. The number of phenols is 1. The van der Waals surface area contributed by atoms with Crippen LogP contribution in [-0.4, -0.2) is 22.5 Å². The highest BCUT2D eigenvalue weighted by Crippen LogP contribution is 2.25. The number of amides is 1. The van der Waals surface area contributed by atoms with Crippen LogP contribution in [0, 0.1) is 5.82 Å². The van der Waals surface area contributed by atoms with Crippen LogP contribution < -0.4 is 0 Å². The van der Waals surface area contributed by atoms with E-state index in [1.54, 1.807) is 23.1 Å². The van der Waals surface area contributed by atoms with Gasteiger partial charge in [0.15, 0.2) is 0 Å². The maximum absolute atomic E-state index is 13.8. The zero-order valence-corrected chi connectivity index (χ0v) is 12.7. The van der Waals surface area contributed by atoms with Gasteiger partial charge in [-0.05, 0) is 47.9 Å². The molecule has 3 nitrogen and oxygen atoms in total. The van der Waals surface area contributed by atoms with Crippen molar-refractivity contribution in [1.29, 1.82) is 0 Å². The van der Waals surface area contributed by atoms with Gasteiger partial charge in [-0.25, -0.2) is 4.39 Å². The second kappa shape index (κ2) is 5.48. The van der Waals surface area contributed by atoms with E-state index >= 15 is 0 Å². The summed E-state index contributed by atoms with van der Waals surface area (Å²) < 4.78 is 14.5. The molecule has 0 atom stereocenters.